The first-order valence-electron chi connectivity index (χ1n) is 3.72. The summed E-state index contributed by atoms with van der Waals surface area (Å²) in [6.07, 6.45) is 0. The van der Waals surface area contributed by atoms with Crippen molar-refractivity contribution in [1.29, 1.82) is 0 Å². The van der Waals surface area contributed by atoms with E-state index < -0.39 is 11.9 Å². The average molecular weight is 191 g/mol. The molecule has 0 unspecified atom stereocenters. The molecule has 13 heavy (non-hydrogen) atoms. The van der Waals surface area contributed by atoms with Crippen LogP contribution in [-0.4, -0.2) is 50.5 Å². The Morgan fingerprint density at radius 2 is 2.08 bits per heavy atom. The molecule has 0 saturated carbocycles. The van der Waals surface area contributed by atoms with E-state index in [1.54, 1.807) is 0 Å². The zero-order valence-electron chi connectivity index (χ0n) is 7.41. The van der Waals surface area contributed by atoms with Gasteiger partial charge in [-0.05, 0) is 0 Å². The predicted octanol–water partition coefficient (Wildman–Crippen LogP) is -1.15. The van der Waals surface area contributed by atoms with Crippen LogP contribution in [0.15, 0.2) is 0 Å². The predicted molar refractivity (Wildman–Crippen MR) is 43.3 cm³/mol. The van der Waals surface area contributed by atoms with Crippen molar-refractivity contribution >= 4 is 11.9 Å². The standard InChI is InChI=1S/C7H13NO5/c1-12-2-3-13-5-6(9)8-4-7(10)11/h2-5H2,1H3,(H,8,9)(H,10,11). The monoisotopic (exact) mass is 191 g/mol. The largest absolute Gasteiger partial charge is 0.480 e. The summed E-state index contributed by atoms with van der Waals surface area (Å²) >= 11 is 0. The molecule has 0 fully saturated rings. The fraction of sp³-hybridized carbons (Fsp3) is 0.714. The molecule has 0 aliphatic rings. The van der Waals surface area contributed by atoms with Crippen molar-refractivity contribution in [3.63, 3.8) is 0 Å². The van der Waals surface area contributed by atoms with Gasteiger partial charge in [0.15, 0.2) is 0 Å². The van der Waals surface area contributed by atoms with Gasteiger partial charge in [0.2, 0.25) is 5.91 Å². The highest BCUT2D eigenvalue weighted by molar-refractivity contribution is 5.81. The quantitative estimate of drug-likeness (QED) is 0.496. The molecule has 0 aliphatic heterocycles. The molecule has 0 spiro atoms. The van der Waals surface area contributed by atoms with Crippen LogP contribution < -0.4 is 5.32 Å². The maximum Gasteiger partial charge on any atom is 0.322 e. The number of ether oxygens (including phenoxy) is 2. The van der Waals surface area contributed by atoms with E-state index in [2.05, 4.69) is 10.1 Å². The number of carbonyl (C=O) groups is 2. The molecule has 0 atom stereocenters. The second kappa shape index (κ2) is 7.51. The first kappa shape index (κ1) is 11.9. The van der Waals surface area contributed by atoms with E-state index in [0.29, 0.717) is 13.2 Å². The summed E-state index contributed by atoms with van der Waals surface area (Å²) in [5.41, 5.74) is 0. The van der Waals surface area contributed by atoms with Crippen LogP contribution in [0.1, 0.15) is 0 Å². The van der Waals surface area contributed by atoms with Gasteiger partial charge in [0, 0.05) is 7.11 Å². The Hall–Kier alpha value is -1.14. The van der Waals surface area contributed by atoms with Gasteiger partial charge < -0.3 is 19.9 Å². The number of carbonyl (C=O) groups excluding carboxylic acids is 1. The molecule has 76 valence electrons. The highest BCUT2D eigenvalue weighted by Crippen LogP contribution is 1.76. The number of carboxylic acids is 1. The van der Waals surface area contributed by atoms with Crippen LogP contribution >= 0.6 is 0 Å². The Morgan fingerprint density at radius 1 is 1.38 bits per heavy atom. The summed E-state index contributed by atoms with van der Waals surface area (Å²) in [4.78, 5) is 20.8. The molecule has 0 rings (SSSR count). The van der Waals surface area contributed by atoms with E-state index in [1.165, 1.54) is 7.11 Å². The third-order valence-corrected chi connectivity index (χ3v) is 1.10. The van der Waals surface area contributed by atoms with Crippen LogP contribution in [0.3, 0.4) is 0 Å². The summed E-state index contributed by atoms with van der Waals surface area (Å²) in [6, 6.07) is 0. The number of rotatable bonds is 7. The van der Waals surface area contributed by atoms with Crippen LogP contribution in [0.4, 0.5) is 0 Å². The normalized spacial score (nSPS) is 9.62. The highest BCUT2D eigenvalue weighted by atomic mass is 16.5. The first-order chi connectivity index (χ1) is 6.16. The molecule has 0 bridgehead atoms. The van der Waals surface area contributed by atoms with Gasteiger partial charge in [0.1, 0.15) is 13.2 Å². The van der Waals surface area contributed by atoms with Crippen LogP contribution in [0.2, 0.25) is 0 Å². The van der Waals surface area contributed by atoms with Crippen molar-refractivity contribution in [3.05, 3.63) is 0 Å². The minimum absolute atomic E-state index is 0.142. The fourth-order valence-corrected chi connectivity index (χ4v) is 0.532. The van der Waals surface area contributed by atoms with Crippen molar-refractivity contribution in [2.24, 2.45) is 0 Å². The van der Waals surface area contributed by atoms with E-state index in [-0.39, 0.29) is 13.2 Å². The average Bonchev–Trinajstić information content (AvgIpc) is 2.09. The molecule has 0 aromatic carbocycles. The summed E-state index contributed by atoms with van der Waals surface area (Å²) in [7, 11) is 1.52. The number of hydrogen-bond donors (Lipinski definition) is 2. The molecule has 0 saturated heterocycles. The van der Waals surface area contributed by atoms with E-state index in [9.17, 15) is 9.59 Å². The van der Waals surface area contributed by atoms with Crippen molar-refractivity contribution in [2.75, 3.05) is 33.5 Å². The summed E-state index contributed by atoms with van der Waals surface area (Å²) < 4.78 is 9.51. The first-order valence-corrected chi connectivity index (χ1v) is 3.72. The summed E-state index contributed by atoms with van der Waals surface area (Å²) in [5, 5.41) is 10.4. The van der Waals surface area contributed by atoms with Crippen LogP contribution in [0.25, 0.3) is 0 Å². The minimum Gasteiger partial charge on any atom is -0.480 e. The van der Waals surface area contributed by atoms with Crippen LogP contribution in [0.5, 0.6) is 0 Å². The number of amides is 1. The molecule has 2 N–H and O–H groups in total. The Bertz CT molecular complexity index is 170. The molecule has 0 radical (unpaired) electrons. The topological polar surface area (TPSA) is 84.9 Å². The molecule has 6 heteroatoms. The maximum absolute atomic E-state index is 10.8. The second-order valence-electron chi connectivity index (χ2n) is 2.22. The number of carboxylic acid groups (broad SMARTS) is 1. The zero-order chi connectivity index (χ0) is 10.1. The lowest BCUT2D eigenvalue weighted by Crippen LogP contribution is -2.32. The van der Waals surface area contributed by atoms with E-state index in [1.807, 2.05) is 0 Å². The van der Waals surface area contributed by atoms with Gasteiger partial charge in [-0.3, -0.25) is 9.59 Å². The Labute approximate surface area is 75.8 Å². The molecular weight excluding hydrogens is 178 g/mol. The maximum atomic E-state index is 10.8. The van der Waals surface area contributed by atoms with Gasteiger partial charge in [-0.25, -0.2) is 0 Å². The van der Waals surface area contributed by atoms with E-state index in [0.717, 1.165) is 0 Å². The lowest BCUT2D eigenvalue weighted by molar-refractivity contribution is -0.138. The van der Waals surface area contributed by atoms with Gasteiger partial charge in [-0.15, -0.1) is 0 Å². The van der Waals surface area contributed by atoms with Crippen LogP contribution in [-0.2, 0) is 19.1 Å². The van der Waals surface area contributed by atoms with Crippen LogP contribution in [0, 0.1) is 0 Å². The van der Waals surface area contributed by atoms with Crippen molar-refractivity contribution in [3.8, 4) is 0 Å². The Morgan fingerprint density at radius 3 is 2.62 bits per heavy atom. The molecule has 0 heterocycles. The summed E-state index contributed by atoms with van der Waals surface area (Å²) in [6.45, 7) is 0.201. The van der Waals surface area contributed by atoms with E-state index in [4.69, 9.17) is 9.84 Å². The SMILES string of the molecule is COCCOCC(=O)NCC(=O)O. The third-order valence-electron chi connectivity index (χ3n) is 1.10. The lowest BCUT2D eigenvalue weighted by atomic mass is 10.5. The number of aliphatic carboxylic acids is 1. The van der Waals surface area contributed by atoms with E-state index >= 15 is 0 Å². The smallest absolute Gasteiger partial charge is 0.322 e. The third kappa shape index (κ3) is 8.77. The summed E-state index contributed by atoms with van der Waals surface area (Å²) in [5.74, 6) is -1.52. The minimum atomic E-state index is -1.08. The molecule has 1 amide bonds. The van der Waals surface area contributed by atoms with Gasteiger partial charge >= 0.3 is 5.97 Å². The fourth-order valence-electron chi connectivity index (χ4n) is 0.532. The number of methoxy groups -OCH3 is 1. The molecule has 0 aromatic rings. The molecule has 0 aromatic heterocycles. The van der Waals surface area contributed by atoms with Gasteiger partial charge in [0.05, 0.1) is 13.2 Å². The number of hydrogen-bond acceptors (Lipinski definition) is 4. The lowest BCUT2D eigenvalue weighted by Gasteiger charge is -2.03. The van der Waals surface area contributed by atoms with Gasteiger partial charge in [-0.1, -0.05) is 0 Å². The molecule has 0 aliphatic carbocycles. The second-order valence-corrected chi connectivity index (χ2v) is 2.22. The Balaban J connectivity index is 3.25. The number of nitrogens with one attached hydrogen (secondary N) is 1. The zero-order valence-corrected chi connectivity index (χ0v) is 7.41. The van der Waals surface area contributed by atoms with Gasteiger partial charge in [0.25, 0.3) is 0 Å². The molecule has 6 nitrogen and oxygen atoms in total. The molecular formula is C7H13NO5. The van der Waals surface area contributed by atoms with Crippen molar-refractivity contribution in [2.45, 2.75) is 0 Å². The Kier molecular flexibility index (Phi) is 6.85. The highest BCUT2D eigenvalue weighted by Gasteiger charge is 2.02. The van der Waals surface area contributed by atoms with Crippen molar-refractivity contribution in [1.82, 2.24) is 5.32 Å². The van der Waals surface area contributed by atoms with Crippen molar-refractivity contribution < 1.29 is 24.2 Å². The van der Waals surface area contributed by atoms with Gasteiger partial charge in [-0.2, -0.15) is 0 Å².